The number of rotatable bonds is 24. The van der Waals surface area contributed by atoms with Crippen molar-refractivity contribution < 1.29 is 0 Å². The molecule has 0 saturated carbocycles. The molecule has 1 nitrogen and oxygen atoms in total. The SMILES string of the molecule is CCCCCCCCCCCCC(CCCCCCCCCCCC)C(N)c1ccccc1. The predicted octanol–water partition coefficient (Wildman–Crippen LogP) is 10.9. The van der Waals surface area contributed by atoms with Crippen LogP contribution in [-0.2, 0) is 0 Å². The summed E-state index contributed by atoms with van der Waals surface area (Å²) in [4.78, 5) is 0. The van der Waals surface area contributed by atoms with Gasteiger partial charge in [-0.05, 0) is 24.3 Å². The predicted molar refractivity (Wildman–Crippen MR) is 150 cm³/mol. The molecule has 0 bridgehead atoms. The zero-order chi connectivity index (χ0) is 23.8. The fraction of sp³-hybridized carbons (Fsp3) is 0.812. The topological polar surface area (TPSA) is 26.0 Å². The van der Waals surface area contributed by atoms with Crippen molar-refractivity contribution in [2.75, 3.05) is 0 Å². The van der Waals surface area contributed by atoms with E-state index >= 15 is 0 Å². The molecule has 0 spiro atoms. The number of hydrogen-bond acceptors (Lipinski definition) is 1. The first-order valence-corrected chi connectivity index (χ1v) is 15.1. The molecule has 192 valence electrons. The van der Waals surface area contributed by atoms with Crippen LogP contribution in [0.15, 0.2) is 30.3 Å². The summed E-state index contributed by atoms with van der Waals surface area (Å²) in [5.41, 5.74) is 8.11. The zero-order valence-corrected chi connectivity index (χ0v) is 22.7. The average Bonchev–Trinajstić information content (AvgIpc) is 2.85. The number of hydrogen-bond donors (Lipinski definition) is 1. The zero-order valence-electron chi connectivity index (χ0n) is 22.7. The molecular weight excluding hydrogens is 398 g/mol. The molecule has 33 heavy (non-hydrogen) atoms. The highest BCUT2D eigenvalue weighted by Crippen LogP contribution is 2.29. The van der Waals surface area contributed by atoms with Gasteiger partial charge in [0.1, 0.15) is 0 Å². The minimum Gasteiger partial charge on any atom is -0.324 e. The van der Waals surface area contributed by atoms with Crippen LogP contribution >= 0.6 is 0 Å². The smallest absolute Gasteiger partial charge is 0.0323 e. The Kier molecular flexibility index (Phi) is 21.0. The third kappa shape index (κ3) is 17.3. The van der Waals surface area contributed by atoms with Gasteiger partial charge in [-0.15, -0.1) is 0 Å². The maximum Gasteiger partial charge on any atom is 0.0323 e. The van der Waals surface area contributed by atoms with E-state index in [1.54, 1.807) is 0 Å². The second kappa shape index (κ2) is 22.9. The van der Waals surface area contributed by atoms with Crippen molar-refractivity contribution >= 4 is 0 Å². The average molecular weight is 458 g/mol. The van der Waals surface area contributed by atoms with Crippen LogP contribution < -0.4 is 5.73 Å². The van der Waals surface area contributed by atoms with Gasteiger partial charge in [0.15, 0.2) is 0 Å². The lowest BCUT2D eigenvalue weighted by Gasteiger charge is -2.24. The van der Waals surface area contributed by atoms with Gasteiger partial charge in [-0.2, -0.15) is 0 Å². The standard InChI is InChI=1S/C32H59N/c1-3-5-7-9-11-13-15-17-19-22-26-30(32(33)31-28-24-21-25-29-31)27-23-20-18-16-14-12-10-8-6-4-2/h21,24-25,28-30,32H,3-20,22-23,26-27,33H2,1-2H3. The highest BCUT2D eigenvalue weighted by atomic mass is 14.6. The van der Waals surface area contributed by atoms with Crippen LogP contribution in [-0.4, -0.2) is 0 Å². The Morgan fingerprint density at radius 2 is 0.818 bits per heavy atom. The van der Waals surface area contributed by atoms with E-state index in [9.17, 15) is 0 Å². The van der Waals surface area contributed by atoms with Crippen LogP contribution in [0.4, 0.5) is 0 Å². The molecule has 2 N–H and O–H groups in total. The fourth-order valence-corrected chi connectivity index (χ4v) is 5.24. The van der Waals surface area contributed by atoms with Crippen molar-refractivity contribution in [1.29, 1.82) is 0 Å². The molecule has 0 heterocycles. The normalized spacial score (nSPS) is 12.5. The number of unbranched alkanes of at least 4 members (excludes halogenated alkanes) is 18. The van der Waals surface area contributed by atoms with Gasteiger partial charge >= 0.3 is 0 Å². The van der Waals surface area contributed by atoms with Crippen molar-refractivity contribution in [3.05, 3.63) is 35.9 Å². The van der Waals surface area contributed by atoms with Crippen LogP contribution in [0.5, 0.6) is 0 Å². The van der Waals surface area contributed by atoms with Gasteiger partial charge in [0.05, 0.1) is 0 Å². The first kappa shape index (κ1) is 30.2. The second-order valence-electron chi connectivity index (χ2n) is 10.6. The molecule has 1 aromatic carbocycles. The minimum absolute atomic E-state index is 0.211. The Hall–Kier alpha value is -0.820. The van der Waals surface area contributed by atoms with E-state index in [-0.39, 0.29) is 6.04 Å². The lowest BCUT2D eigenvalue weighted by Crippen LogP contribution is -2.21. The molecular formula is C32H59N. The third-order valence-corrected chi connectivity index (χ3v) is 7.55. The summed E-state index contributed by atoms with van der Waals surface area (Å²) >= 11 is 0. The van der Waals surface area contributed by atoms with E-state index < -0.39 is 0 Å². The minimum atomic E-state index is 0.211. The Labute approximate surface area is 208 Å². The Balaban J connectivity index is 2.21. The first-order valence-electron chi connectivity index (χ1n) is 15.1. The van der Waals surface area contributed by atoms with Crippen molar-refractivity contribution in [1.82, 2.24) is 0 Å². The summed E-state index contributed by atoms with van der Waals surface area (Å²) in [7, 11) is 0. The van der Waals surface area contributed by atoms with E-state index in [0.717, 1.165) is 0 Å². The summed E-state index contributed by atoms with van der Waals surface area (Å²) in [5, 5.41) is 0. The maximum atomic E-state index is 6.78. The molecule has 0 aromatic heterocycles. The summed E-state index contributed by atoms with van der Waals surface area (Å²) in [6, 6.07) is 11.1. The highest BCUT2D eigenvalue weighted by molar-refractivity contribution is 5.19. The fourth-order valence-electron chi connectivity index (χ4n) is 5.24. The summed E-state index contributed by atoms with van der Waals surface area (Å²) in [5.74, 6) is 0.649. The lowest BCUT2D eigenvalue weighted by atomic mass is 9.85. The summed E-state index contributed by atoms with van der Waals surface area (Å²) in [6.07, 6.45) is 30.9. The van der Waals surface area contributed by atoms with Crippen LogP contribution in [0.1, 0.15) is 167 Å². The number of benzene rings is 1. The van der Waals surface area contributed by atoms with Gasteiger partial charge in [0, 0.05) is 6.04 Å². The van der Waals surface area contributed by atoms with E-state index in [1.165, 1.54) is 147 Å². The summed E-state index contributed by atoms with van der Waals surface area (Å²) in [6.45, 7) is 4.60. The quantitative estimate of drug-likeness (QED) is 0.153. The van der Waals surface area contributed by atoms with Crippen LogP contribution in [0.2, 0.25) is 0 Å². The van der Waals surface area contributed by atoms with Gasteiger partial charge in [0.25, 0.3) is 0 Å². The molecule has 1 unspecified atom stereocenters. The Morgan fingerprint density at radius 1 is 0.485 bits per heavy atom. The van der Waals surface area contributed by atoms with E-state index in [1.807, 2.05) is 0 Å². The molecule has 0 aliphatic carbocycles. The lowest BCUT2D eigenvalue weighted by molar-refractivity contribution is 0.345. The van der Waals surface area contributed by atoms with Gasteiger partial charge in [-0.25, -0.2) is 0 Å². The van der Waals surface area contributed by atoms with E-state index in [4.69, 9.17) is 5.73 Å². The maximum absolute atomic E-state index is 6.78. The molecule has 0 aliphatic heterocycles. The number of nitrogens with two attached hydrogens (primary N) is 1. The Morgan fingerprint density at radius 3 is 1.18 bits per heavy atom. The molecule has 0 fully saturated rings. The van der Waals surface area contributed by atoms with Crippen molar-refractivity contribution in [2.24, 2.45) is 11.7 Å². The van der Waals surface area contributed by atoms with Crippen molar-refractivity contribution in [3.63, 3.8) is 0 Å². The van der Waals surface area contributed by atoms with Crippen LogP contribution in [0, 0.1) is 5.92 Å². The van der Waals surface area contributed by atoms with Gasteiger partial charge in [0.2, 0.25) is 0 Å². The molecule has 0 saturated heterocycles. The molecule has 1 aromatic rings. The molecule has 0 aliphatic rings. The molecule has 0 radical (unpaired) electrons. The van der Waals surface area contributed by atoms with Crippen LogP contribution in [0.25, 0.3) is 0 Å². The van der Waals surface area contributed by atoms with E-state index in [2.05, 4.69) is 44.2 Å². The van der Waals surface area contributed by atoms with Crippen molar-refractivity contribution in [2.45, 2.75) is 161 Å². The molecule has 1 rings (SSSR count). The van der Waals surface area contributed by atoms with Gasteiger partial charge in [-0.1, -0.05) is 173 Å². The highest BCUT2D eigenvalue weighted by Gasteiger charge is 2.18. The van der Waals surface area contributed by atoms with Crippen LogP contribution in [0.3, 0.4) is 0 Å². The Bertz CT molecular complexity index is 472. The first-order chi connectivity index (χ1) is 16.3. The molecule has 1 heteroatoms. The largest absolute Gasteiger partial charge is 0.324 e. The van der Waals surface area contributed by atoms with Crippen molar-refractivity contribution in [3.8, 4) is 0 Å². The molecule has 0 amide bonds. The monoisotopic (exact) mass is 457 g/mol. The summed E-state index contributed by atoms with van der Waals surface area (Å²) < 4.78 is 0. The third-order valence-electron chi connectivity index (χ3n) is 7.55. The van der Waals surface area contributed by atoms with Gasteiger partial charge < -0.3 is 5.73 Å². The molecule has 1 atom stereocenters. The van der Waals surface area contributed by atoms with Gasteiger partial charge in [-0.3, -0.25) is 0 Å². The van der Waals surface area contributed by atoms with E-state index in [0.29, 0.717) is 5.92 Å². The second-order valence-corrected chi connectivity index (χ2v) is 10.6.